The minimum absolute atomic E-state index is 0.213. The number of hydrogen-bond donors (Lipinski definition) is 2. The van der Waals surface area contributed by atoms with Crippen molar-refractivity contribution < 1.29 is 14.3 Å². The SMILES string of the molecule is CNC(=O)OC1CCc2c(sc(NC(=O)C=Cc3ccsc3)c2C#N)C1. The summed E-state index contributed by atoms with van der Waals surface area (Å²) >= 11 is 2.94. The number of rotatable bonds is 4. The van der Waals surface area contributed by atoms with E-state index in [1.54, 1.807) is 17.4 Å². The van der Waals surface area contributed by atoms with Crippen LogP contribution >= 0.6 is 22.7 Å². The van der Waals surface area contributed by atoms with Gasteiger partial charge in [-0.3, -0.25) is 4.79 Å². The zero-order valence-electron chi connectivity index (χ0n) is 14.1. The van der Waals surface area contributed by atoms with E-state index in [9.17, 15) is 14.9 Å². The molecule has 26 heavy (non-hydrogen) atoms. The van der Waals surface area contributed by atoms with Gasteiger partial charge in [-0.15, -0.1) is 11.3 Å². The van der Waals surface area contributed by atoms with E-state index in [1.807, 2.05) is 16.8 Å². The number of carbonyl (C=O) groups excluding carboxylic acids is 2. The van der Waals surface area contributed by atoms with Crippen molar-refractivity contribution in [2.75, 3.05) is 12.4 Å². The van der Waals surface area contributed by atoms with Gasteiger partial charge in [-0.05, 0) is 46.9 Å². The summed E-state index contributed by atoms with van der Waals surface area (Å²) in [5.41, 5.74) is 2.43. The Bertz CT molecular complexity index is 878. The maximum Gasteiger partial charge on any atom is 0.407 e. The molecule has 0 aromatic carbocycles. The van der Waals surface area contributed by atoms with Gasteiger partial charge >= 0.3 is 6.09 Å². The Hall–Kier alpha value is -2.63. The zero-order chi connectivity index (χ0) is 18.5. The smallest absolute Gasteiger partial charge is 0.407 e. The van der Waals surface area contributed by atoms with Gasteiger partial charge in [0.25, 0.3) is 0 Å². The molecular formula is C18H17N3O3S2. The quantitative estimate of drug-likeness (QED) is 0.785. The largest absolute Gasteiger partial charge is 0.446 e. The number of anilines is 1. The Morgan fingerprint density at radius 1 is 1.46 bits per heavy atom. The third kappa shape index (κ3) is 4.12. The molecule has 2 amide bonds. The molecule has 6 nitrogen and oxygen atoms in total. The molecule has 3 rings (SSSR count). The highest BCUT2D eigenvalue weighted by Crippen LogP contribution is 2.38. The van der Waals surface area contributed by atoms with Crippen molar-refractivity contribution in [3.05, 3.63) is 44.5 Å². The van der Waals surface area contributed by atoms with Crippen LogP contribution in [-0.4, -0.2) is 25.2 Å². The number of alkyl carbamates (subject to hydrolysis) is 1. The molecule has 0 saturated heterocycles. The maximum absolute atomic E-state index is 12.2. The highest BCUT2D eigenvalue weighted by atomic mass is 32.1. The average molecular weight is 387 g/mol. The fourth-order valence-electron chi connectivity index (χ4n) is 2.77. The van der Waals surface area contributed by atoms with Crippen molar-refractivity contribution in [3.63, 3.8) is 0 Å². The summed E-state index contributed by atoms with van der Waals surface area (Å²) < 4.78 is 5.32. The molecule has 1 atom stereocenters. The van der Waals surface area contributed by atoms with Crippen LogP contribution in [0.2, 0.25) is 0 Å². The van der Waals surface area contributed by atoms with Crippen molar-refractivity contribution >= 4 is 45.8 Å². The van der Waals surface area contributed by atoms with Crippen LogP contribution in [0.3, 0.4) is 0 Å². The van der Waals surface area contributed by atoms with Gasteiger partial charge in [0, 0.05) is 24.4 Å². The average Bonchev–Trinajstić information content (AvgIpc) is 3.26. The molecule has 0 fully saturated rings. The molecule has 0 bridgehead atoms. The molecule has 0 radical (unpaired) electrons. The second-order valence-electron chi connectivity index (χ2n) is 5.72. The van der Waals surface area contributed by atoms with Crippen LogP contribution in [0.5, 0.6) is 0 Å². The predicted octanol–water partition coefficient (Wildman–Crippen LogP) is 3.55. The third-order valence-corrected chi connectivity index (χ3v) is 5.89. The lowest BCUT2D eigenvalue weighted by Crippen LogP contribution is -2.29. The van der Waals surface area contributed by atoms with Crippen LogP contribution in [0.1, 0.15) is 28.0 Å². The first-order chi connectivity index (χ1) is 12.6. The first-order valence-corrected chi connectivity index (χ1v) is 9.81. The number of nitrogens with one attached hydrogen (secondary N) is 2. The number of nitriles is 1. The first kappa shape index (κ1) is 18.2. The lowest BCUT2D eigenvalue weighted by Gasteiger charge is -2.22. The van der Waals surface area contributed by atoms with Crippen LogP contribution in [-0.2, 0) is 22.4 Å². The molecule has 134 valence electrons. The van der Waals surface area contributed by atoms with E-state index in [-0.39, 0.29) is 12.0 Å². The Morgan fingerprint density at radius 3 is 3.00 bits per heavy atom. The summed E-state index contributed by atoms with van der Waals surface area (Å²) in [5, 5.41) is 19.2. The van der Waals surface area contributed by atoms with Gasteiger partial charge in [0.1, 0.15) is 17.2 Å². The fraction of sp³-hybridized carbons (Fsp3) is 0.278. The second kappa shape index (κ2) is 8.17. The molecule has 1 aliphatic carbocycles. The molecule has 2 N–H and O–H groups in total. The van der Waals surface area contributed by atoms with Crippen molar-refractivity contribution in [2.45, 2.75) is 25.4 Å². The van der Waals surface area contributed by atoms with Crippen LogP contribution in [0.15, 0.2) is 22.9 Å². The van der Waals surface area contributed by atoms with Gasteiger partial charge in [0.05, 0.1) is 5.56 Å². The number of fused-ring (bicyclic) bond motifs is 1. The van der Waals surface area contributed by atoms with Gasteiger partial charge < -0.3 is 15.4 Å². The highest BCUT2D eigenvalue weighted by Gasteiger charge is 2.28. The van der Waals surface area contributed by atoms with Gasteiger partial charge in [0.2, 0.25) is 5.91 Å². The molecule has 8 heteroatoms. The van der Waals surface area contributed by atoms with Gasteiger partial charge in [0.15, 0.2) is 0 Å². The van der Waals surface area contributed by atoms with Gasteiger partial charge in [-0.2, -0.15) is 16.6 Å². The van der Waals surface area contributed by atoms with Crippen LogP contribution < -0.4 is 10.6 Å². The first-order valence-electron chi connectivity index (χ1n) is 8.05. The molecule has 2 heterocycles. The van der Waals surface area contributed by atoms with Crippen molar-refractivity contribution in [3.8, 4) is 6.07 Å². The number of hydrogen-bond acceptors (Lipinski definition) is 6. The van der Waals surface area contributed by atoms with E-state index in [1.165, 1.54) is 24.5 Å². The van der Waals surface area contributed by atoms with Crippen molar-refractivity contribution in [1.82, 2.24) is 5.32 Å². The molecule has 0 spiro atoms. The number of thiophene rings is 2. The lowest BCUT2D eigenvalue weighted by atomic mass is 9.94. The summed E-state index contributed by atoms with van der Waals surface area (Å²) in [6.07, 6.45) is 4.40. The Morgan fingerprint density at radius 2 is 2.31 bits per heavy atom. The van der Waals surface area contributed by atoms with Crippen LogP contribution in [0, 0.1) is 11.3 Å². The third-order valence-electron chi connectivity index (χ3n) is 4.02. The van der Waals surface area contributed by atoms with Crippen LogP contribution in [0.4, 0.5) is 9.80 Å². The minimum Gasteiger partial charge on any atom is -0.446 e. The Labute approximate surface area is 159 Å². The summed E-state index contributed by atoms with van der Waals surface area (Å²) in [6.45, 7) is 0. The molecule has 2 aromatic rings. The second-order valence-corrected chi connectivity index (χ2v) is 7.60. The molecule has 0 aliphatic heterocycles. The summed E-state index contributed by atoms with van der Waals surface area (Å²) in [6, 6.07) is 4.12. The molecular weight excluding hydrogens is 370 g/mol. The van der Waals surface area contributed by atoms with E-state index in [0.29, 0.717) is 29.8 Å². The van der Waals surface area contributed by atoms with E-state index in [2.05, 4.69) is 16.7 Å². The topological polar surface area (TPSA) is 91.2 Å². The van der Waals surface area contributed by atoms with E-state index in [4.69, 9.17) is 4.74 Å². The van der Waals surface area contributed by atoms with E-state index < -0.39 is 6.09 Å². The minimum atomic E-state index is -0.456. The molecule has 2 aromatic heterocycles. The fourth-order valence-corrected chi connectivity index (χ4v) is 4.66. The standard InChI is InChI=1S/C18H17N3O3S2/c1-20-18(23)24-12-3-4-13-14(9-19)17(26-15(13)8-12)21-16(22)5-2-11-6-7-25-10-11/h2,5-7,10,12H,3-4,8H2,1H3,(H,20,23)(H,21,22). The number of ether oxygens (including phenoxy) is 1. The molecule has 0 saturated carbocycles. The zero-order valence-corrected chi connectivity index (χ0v) is 15.7. The molecule has 1 aliphatic rings. The predicted molar refractivity (Wildman–Crippen MR) is 102 cm³/mol. The summed E-state index contributed by atoms with van der Waals surface area (Å²) in [5.74, 6) is -0.274. The van der Waals surface area contributed by atoms with E-state index >= 15 is 0 Å². The maximum atomic E-state index is 12.2. The monoisotopic (exact) mass is 387 g/mol. The Kier molecular flexibility index (Phi) is 5.71. The Balaban J connectivity index is 1.72. The van der Waals surface area contributed by atoms with E-state index in [0.717, 1.165) is 16.0 Å². The van der Waals surface area contributed by atoms with Crippen molar-refractivity contribution in [1.29, 1.82) is 5.26 Å². The summed E-state index contributed by atoms with van der Waals surface area (Å²) in [7, 11) is 1.52. The number of carbonyl (C=O) groups is 2. The lowest BCUT2D eigenvalue weighted by molar-refractivity contribution is -0.111. The summed E-state index contributed by atoms with van der Waals surface area (Å²) in [4.78, 5) is 24.5. The normalized spacial score (nSPS) is 15.9. The van der Waals surface area contributed by atoms with Gasteiger partial charge in [-0.25, -0.2) is 4.79 Å². The van der Waals surface area contributed by atoms with Crippen molar-refractivity contribution in [2.24, 2.45) is 0 Å². The highest BCUT2D eigenvalue weighted by molar-refractivity contribution is 7.16. The van der Waals surface area contributed by atoms with Gasteiger partial charge in [-0.1, -0.05) is 0 Å². The molecule has 1 unspecified atom stereocenters. The number of amides is 2. The van der Waals surface area contributed by atoms with Crippen LogP contribution in [0.25, 0.3) is 6.08 Å². The number of nitrogens with zero attached hydrogens (tertiary/aromatic N) is 1.